The van der Waals surface area contributed by atoms with Crippen LogP contribution in [0.1, 0.15) is 5.56 Å². The highest BCUT2D eigenvalue weighted by atomic mass is 16.5. The lowest BCUT2D eigenvalue weighted by Gasteiger charge is -2.15. The lowest BCUT2D eigenvalue weighted by Crippen LogP contribution is -2.16. The van der Waals surface area contributed by atoms with Crippen molar-refractivity contribution in [1.82, 2.24) is 0 Å². The van der Waals surface area contributed by atoms with E-state index >= 15 is 0 Å². The second-order valence-electron chi connectivity index (χ2n) is 8.07. The Kier molecular flexibility index (Phi) is 8.37. The predicted molar refractivity (Wildman–Crippen MR) is 141 cm³/mol. The molecule has 1 heterocycles. The minimum absolute atomic E-state index is 0.00174. The molecular weight excluding hydrogens is 492 g/mol. The topological polar surface area (TPSA) is 103 Å². The van der Waals surface area contributed by atoms with Crippen LogP contribution in [-0.2, 0) is 11.2 Å². The zero-order chi connectivity index (χ0) is 27.1. The molecule has 0 aliphatic carbocycles. The van der Waals surface area contributed by atoms with Gasteiger partial charge in [0.25, 0.3) is 0 Å². The third-order valence-corrected chi connectivity index (χ3v) is 5.83. The first kappa shape index (κ1) is 26.4. The van der Waals surface area contributed by atoms with Crippen molar-refractivity contribution in [2.24, 2.45) is 0 Å². The molecule has 0 aliphatic rings. The van der Waals surface area contributed by atoms with Crippen LogP contribution < -0.4 is 33.8 Å². The fourth-order valence-electron chi connectivity index (χ4n) is 3.94. The molecule has 0 amide bonds. The highest BCUT2D eigenvalue weighted by Gasteiger charge is 2.22. The number of carbonyl (C=O) groups is 1. The molecule has 0 N–H and O–H groups in total. The summed E-state index contributed by atoms with van der Waals surface area (Å²) >= 11 is 0. The molecule has 0 fully saturated rings. The van der Waals surface area contributed by atoms with E-state index in [1.54, 1.807) is 42.5 Å². The Morgan fingerprint density at radius 1 is 0.737 bits per heavy atom. The molecule has 0 radical (unpaired) electrons. The van der Waals surface area contributed by atoms with Crippen molar-refractivity contribution in [3.8, 4) is 45.8 Å². The van der Waals surface area contributed by atoms with Crippen LogP contribution in [0.4, 0.5) is 0 Å². The van der Waals surface area contributed by atoms with Gasteiger partial charge in [-0.1, -0.05) is 12.1 Å². The van der Waals surface area contributed by atoms with E-state index in [9.17, 15) is 9.59 Å². The number of rotatable bonds is 12. The summed E-state index contributed by atoms with van der Waals surface area (Å²) in [6.45, 7) is 0.223. The van der Waals surface area contributed by atoms with Crippen molar-refractivity contribution in [2.45, 2.75) is 6.42 Å². The van der Waals surface area contributed by atoms with Crippen molar-refractivity contribution >= 4 is 17.3 Å². The first-order valence-electron chi connectivity index (χ1n) is 11.8. The van der Waals surface area contributed by atoms with E-state index < -0.39 is 5.43 Å². The van der Waals surface area contributed by atoms with E-state index in [1.807, 2.05) is 12.1 Å². The molecule has 0 aliphatic heterocycles. The highest BCUT2D eigenvalue weighted by molar-refractivity contribution is 5.88. The molecular formula is C29H28O9. The van der Waals surface area contributed by atoms with Gasteiger partial charge in [-0.2, -0.15) is 0 Å². The molecule has 198 valence electrons. The average Bonchev–Trinajstić information content (AvgIpc) is 2.95. The number of ether oxygens (including phenoxy) is 6. The SMILES string of the molecule is COc1cc(OC)c2c(=O)c(OCCOc3ccc(CC=O)cc3)c(-c3ccc(OC)c(OC)c3)oc2c1. The average molecular weight is 521 g/mol. The molecule has 0 bridgehead atoms. The maximum Gasteiger partial charge on any atom is 0.239 e. The van der Waals surface area contributed by atoms with Crippen LogP contribution in [0.5, 0.6) is 34.5 Å². The van der Waals surface area contributed by atoms with Crippen LogP contribution in [0, 0.1) is 0 Å². The van der Waals surface area contributed by atoms with Crippen molar-refractivity contribution in [2.75, 3.05) is 41.7 Å². The van der Waals surface area contributed by atoms with E-state index in [4.69, 9.17) is 32.8 Å². The molecule has 4 rings (SSSR count). The zero-order valence-corrected chi connectivity index (χ0v) is 21.6. The van der Waals surface area contributed by atoms with Crippen LogP contribution in [0.15, 0.2) is 63.8 Å². The Balaban J connectivity index is 1.71. The Morgan fingerprint density at radius 2 is 1.45 bits per heavy atom. The third kappa shape index (κ3) is 5.51. The maximum absolute atomic E-state index is 13.7. The Bertz CT molecular complexity index is 1470. The van der Waals surface area contributed by atoms with Gasteiger partial charge in [0.1, 0.15) is 47.7 Å². The van der Waals surface area contributed by atoms with E-state index in [-0.39, 0.29) is 35.7 Å². The molecule has 0 saturated heterocycles. The Hall–Kier alpha value is -4.66. The van der Waals surface area contributed by atoms with E-state index in [2.05, 4.69) is 0 Å². The van der Waals surface area contributed by atoms with Gasteiger partial charge in [-0.15, -0.1) is 0 Å². The van der Waals surface area contributed by atoms with E-state index in [0.717, 1.165) is 11.8 Å². The molecule has 0 spiro atoms. The lowest BCUT2D eigenvalue weighted by molar-refractivity contribution is -0.107. The van der Waals surface area contributed by atoms with Crippen molar-refractivity contribution in [3.05, 3.63) is 70.4 Å². The summed E-state index contributed by atoms with van der Waals surface area (Å²) in [5.74, 6) is 2.57. The van der Waals surface area contributed by atoms with Crippen LogP contribution in [0.3, 0.4) is 0 Å². The molecule has 4 aromatic rings. The number of hydrogen-bond acceptors (Lipinski definition) is 9. The monoisotopic (exact) mass is 520 g/mol. The van der Waals surface area contributed by atoms with Gasteiger partial charge in [-0.25, -0.2) is 0 Å². The molecule has 0 atom stereocenters. The zero-order valence-electron chi connectivity index (χ0n) is 21.6. The molecule has 0 saturated carbocycles. The Labute approximate surface area is 219 Å². The fourth-order valence-corrected chi connectivity index (χ4v) is 3.94. The second kappa shape index (κ2) is 12.1. The number of methoxy groups -OCH3 is 4. The summed E-state index contributed by atoms with van der Waals surface area (Å²) in [5.41, 5.74) is 1.30. The largest absolute Gasteiger partial charge is 0.496 e. The molecule has 38 heavy (non-hydrogen) atoms. The van der Waals surface area contributed by atoms with Gasteiger partial charge in [0.2, 0.25) is 11.2 Å². The van der Waals surface area contributed by atoms with Gasteiger partial charge in [-0.05, 0) is 35.9 Å². The highest BCUT2D eigenvalue weighted by Crippen LogP contribution is 2.39. The fraction of sp³-hybridized carbons (Fsp3) is 0.241. The Morgan fingerprint density at radius 3 is 2.11 bits per heavy atom. The van der Waals surface area contributed by atoms with Crippen LogP contribution >= 0.6 is 0 Å². The minimum Gasteiger partial charge on any atom is -0.496 e. The van der Waals surface area contributed by atoms with E-state index in [1.165, 1.54) is 28.4 Å². The molecule has 9 heteroatoms. The normalized spacial score (nSPS) is 10.6. The molecule has 3 aromatic carbocycles. The van der Waals surface area contributed by atoms with Gasteiger partial charge in [-0.3, -0.25) is 4.79 Å². The van der Waals surface area contributed by atoms with Crippen LogP contribution in [-0.4, -0.2) is 47.9 Å². The molecule has 9 nitrogen and oxygen atoms in total. The first-order valence-corrected chi connectivity index (χ1v) is 11.8. The van der Waals surface area contributed by atoms with Crippen LogP contribution in [0.2, 0.25) is 0 Å². The van der Waals surface area contributed by atoms with Crippen LogP contribution in [0.25, 0.3) is 22.3 Å². The third-order valence-electron chi connectivity index (χ3n) is 5.83. The van der Waals surface area contributed by atoms with Crippen molar-refractivity contribution < 1.29 is 37.6 Å². The summed E-state index contributed by atoms with van der Waals surface area (Å²) in [6.07, 6.45) is 1.19. The first-order chi connectivity index (χ1) is 18.5. The maximum atomic E-state index is 13.7. The van der Waals surface area contributed by atoms with Crippen molar-refractivity contribution in [1.29, 1.82) is 0 Å². The van der Waals surface area contributed by atoms with Gasteiger partial charge in [0.05, 0.1) is 28.4 Å². The quantitative estimate of drug-likeness (QED) is 0.194. The second-order valence-corrected chi connectivity index (χ2v) is 8.07. The van der Waals surface area contributed by atoms with Gasteiger partial charge in [0, 0.05) is 24.1 Å². The van der Waals surface area contributed by atoms with Gasteiger partial charge >= 0.3 is 0 Å². The van der Waals surface area contributed by atoms with Gasteiger partial charge < -0.3 is 37.6 Å². The van der Waals surface area contributed by atoms with Gasteiger partial charge in [0.15, 0.2) is 17.3 Å². The smallest absolute Gasteiger partial charge is 0.239 e. The summed E-state index contributed by atoms with van der Waals surface area (Å²) in [7, 11) is 6.04. The summed E-state index contributed by atoms with van der Waals surface area (Å²) in [5, 5.41) is 0.221. The minimum atomic E-state index is -0.409. The summed E-state index contributed by atoms with van der Waals surface area (Å²) < 4.78 is 39.5. The predicted octanol–water partition coefficient (Wildman–Crippen LogP) is 4.69. The number of carbonyl (C=O) groups excluding carboxylic acids is 1. The standard InChI is InChI=1S/C29H28O9/c1-32-21-16-24(35-4)26-25(17-21)38-28(19-7-10-22(33-2)23(15-19)34-3)29(27(26)31)37-14-13-36-20-8-5-18(6-9-20)11-12-30/h5-10,12,15-17H,11,13-14H2,1-4H3. The summed E-state index contributed by atoms with van der Waals surface area (Å²) in [4.78, 5) is 24.4. The molecule has 0 unspecified atom stereocenters. The molecule has 1 aromatic heterocycles. The lowest BCUT2D eigenvalue weighted by atomic mass is 10.1. The number of hydrogen-bond donors (Lipinski definition) is 0. The summed E-state index contributed by atoms with van der Waals surface area (Å²) in [6, 6.07) is 15.6. The number of fused-ring (bicyclic) bond motifs is 1. The number of benzene rings is 3. The number of aldehydes is 1. The van der Waals surface area contributed by atoms with E-state index in [0.29, 0.717) is 40.7 Å². The van der Waals surface area contributed by atoms with Crippen molar-refractivity contribution in [3.63, 3.8) is 0 Å².